The summed E-state index contributed by atoms with van der Waals surface area (Å²) in [6.07, 6.45) is 5.79. The number of ether oxygens (including phenoxy) is 1. The minimum absolute atomic E-state index is 0.0306. The highest BCUT2D eigenvalue weighted by atomic mass is 79.9. The second kappa shape index (κ2) is 7.44. The lowest BCUT2D eigenvalue weighted by molar-refractivity contribution is -0.161. The minimum atomic E-state index is -0.385. The molecular formula is C17H25BrN2O2. The SMILES string of the molecule is CC(C)(C)OC(=O)C1CCC(CNc2ccnc(Br)c2)CC1. The van der Waals surface area contributed by atoms with Gasteiger partial charge in [-0.05, 0) is 80.4 Å². The van der Waals surface area contributed by atoms with Crippen LogP contribution >= 0.6 is 15.9 Å². The van der Waals surface area contributed by atoms with E-state index in [1.54, 1.807) is 6.20 Å². The Kier molecular flexibility index (Phi) is 5.84. The quantitative estimate of drug-likeness (QED) is 0.631. The van der Waals surface area contributed by atoms with Gasteiger partial charge in [-0.3, -0.25) is 4.79 Å². The maximum Gasteiger partial charge on any atom is 0.309 e. The van der Waals surface area contributed by atoms with Gasteiger partial charge in [-0.1, -0.05) is 0 Å². The van der Waals surface area contributed by atoms with Gasteiger partial charge in [0.2, 0.25) is 0 Å². The monoisotopic (exact) mass is 368 g/mol. The summed E-state index contributed by atoms with van der Waals surface area (Å²) in [5.74, 6) is 0.660. The number of rotatable bonds is 4. The first kappa shape index (κ1) is 17.3. The van der Waals surface area contributed by atoms with E-state index in [9.17, 15) is 4.79 Å². The smallest absolute Gasteiger partial charge is 0.309 e. The van der Waals surface area contributed by atoms with Crippen molar-refractivity contribution in [2.45, 2.75) is 52.1 Å². The van der Waals surface area contributed by atoms with E-state index in [0.717, 1.165) is 42.5 Å². The third kappa shape index (κ3) is 5.59. The fourth-order valence-corrected chi connectivity index (χ4v) is 3.13. The number of hydrogen-bond donors (Lipinski definition) is 1. The van der Waals surface area contributed by atoms with Crippen LogP contribution in [0.3, 0.4) is 0 Å². The molecule has 0 bridgehead atoms. The minimum Gasteiger partial charge on any atom is -0.460 e. The predicted octanol–water partition coefficient (Wildman–Crippen LogP) is 4.40. The molecule has 1 aliphatic carbocycles. The Morgan fingerprint density at radius 1 is 1.36 bits per heavy atom. The molecule has 0 aliphatic heterocycles. The molecule has 0 spiro atoms. The summed E-state index contributed by atoms with van der Waals surface area (Å²) in [4.78, 5) is 16.2. The molecule has 1 saturated carbocycles. The number of nitrogens with zero attached hydrogens (tertiary/aromatic N) is 1. The second-order valence-corrected chi connectivity index (χ2v) is 7.81. The molecular weight excluding hydrogens is 344 g/mol. The molecule has 5 heteroatoms. The van der Waals surface area contributed by atoms with Crippen molar-refractivity contribution in [3.05, 3.63) is 22.9 Å². The topological polar surface area (TPSA) is 51.2 Å². The Bertz CT molecular complexity index is 506. The summed E-state index contributed by atoms with van der Waals surface area (Å²) in [6, 6.07) is 3.95. The summed E-state index contributed by atoms with van der Waals surface area (Å²) in [5.41, 5.74) is 0.695. The highest BCUT2D eigenvalue weighted by Crippen LogP contribution is 2.31. The lowest BCUT2D eigenvalue weighted by Crippen LogP contribution is -2.32. The molecule has 1 aromatic heterocycles. The molecule has 0 unspecified atom stereocenters. The molecule has 0 aromatic carbocycles. The number of carbonyl (C=O) groups is 1. The number of aromatic nitrogens is 1. The van der Waals surface area contributed by atoms with Crippen LogP contribution in [0.15, 0.2) is 22.9 Å². The average Bonchev–Trinajstić information content (AvgIpc) is 2.44. The zero-order valence-corrected chi connectivity index (χ0v) is 15.1. The number of esters is 1. The highest BCUT2D eigenvalue weighted by molar-refractivity contribution is 9.10. The fourth-order valence-electron chi connectivity index (χ4n) is 2.76. The second-order valence-electron chi connectivity index (χ2n) is 7.00. The Morgan fingerprint density at radius 3 is 2.64 bits per heavy atom. The van der Waals surface area contributed by atoms with Gasteiger partial charge in [0.05, 0.1) is 5.92 Å². The lowest BCUT2D eigenvalue weighted by Gasteiger charge is -2.30. The zero-order valence-electron chi connectivity index (χ0n) is 13.6. The summed E-state index contributed by atoms with van der Waals surface area (Å²) >= 11 is 3.37. The van der Waals surface area contributed by atoms with Crippen LogP contribution in [-0.2, 0) is 9.53 Å². The van der Waals surface area contributed by atoms with E-state index in [-0.39, 0.29) is 17.5 Å². The van der Waals surface area contributed by atoms with Crippen molar-refractivity contribution in [2.75, 3.05) is 11.9 Å². The highest BCUT2D eigenvalue weighted by Gasteiger charge is 2.29. The molecule has 1 fully saturated rings. The van der Waals surface area contributed by atoms with Gasteiger partial charge in [-0.2, -0.15) is 0 Å². The van der Waals surface area contributed by atoms with Crippen molar-refractivity contribution in [3.8, 4) is 0 Å². The third-order valence-electron chi connectivity index (χ3n) is 3.91. The number of pyridine rings is 1. The van der Waals surface area contributed by atoms with Crippen LogP contribution in [0, 0.1) is 11.8 Å². The van der Waals surface area contributed by atoms with E-state index in [1.807, 2.05) is 32.9 Å². The Morgan fingerprint density at radius 2 is 2.05 bits per heavy atom. The first-order valence-corrected chi connectivity index (χ1v) is 8.71. The van der Waals surface area contributed by atoms with Crippen LogP contribution in [-0.4, -0.2) is 23.1 Å². The standard InChI is InChI=1S/C17H25BrN2O2/c1-17(2,3)22-16(21)13-6-4-12(5-7-13)11-20-14-8-9-19-15(18)10-14/h8-10,12-13H,4-7,11H2,1-3H3,(H,19,20). The van der Waals surface area contributed by atoms with Crippen molar-refractivity contribution in [1.82, 2.24) is 4.98 Å². The molecule has 0 radical (unpaired) electrons. The van der Waals surface area contributed by atoms with Gasteiger partial charge in [0.15, 0.2) is 0 Å². The summed E-state index contributed by atoms with van der Waals surface area (Å²) in [7, 11) is 0. The summed E-state index contributed by atoms with van der Waals surface area (Å²) in [6.45, 7) is 6.71. The molecule has 0 saturated heterocycles. The molecule has 1 heterocycles. The number of hydrogen-bond acceptors (Lipinski definition) is 4. The molecule has 1 N–H and O–H groups in total. The first-order chi connectivity index (χ1) is 10.3. The number of nitrogens with one attached hydrogen (secondary N) is 1. The van der Waals surface area contributed by atoms with E-state index in [1.165, 1.54) is 0 Å². The maximum atomic E-state index is 12.1. The van der Waals surface area contributed by atoms with E-state index >= 15 is 0 Å². The van der Waals surface area contributed by atoms with Crippen molar-refractivity contribution in [1.29, 1.82) is 0 Å². The molecule has 2 rings (SSSR count). The fraction of sp³-hybridized carbons (Fsp3) is 0.647. The van der Waals surface area contributed by atoms with Gasteiger partial charge in [0.1, 0.15) is 10.2 Å². The van der Waals surface area contributed by atoms with Crippen LogP contribution in [0.1, 0.15) is 46.5 Å². The molecule has 1 aromatic rings. The van der Waals surface area contributed by atoms with E-state index < -0.39 is 0 Å². The van der Waals surface area contributed by atoms with Crippen LogP contribution in [0.5, 0.6) is 0 Å². The molecule has 1 aliphatic rings. The Labute approximate surface area is 141 Å². The third-order valence-corrected chi connectivity index (χ3v) is 4.34. The van der Waals surface area contributed by atoms with Crippen molar-refractivity contribution >= 4 is 27.6 Å². The van der Waals surface area contributed by atoms with Gasteiger partial charge in [0.25, 0.3) is 0 Å². The van der Waals surface area contributed by atoms with E-state index in [2.05, 4.69) is 26.2 Å². The lowest BCUT2D eigenvalue weighted by atomic mass is 9.82. The van der Waals surface area contributed by atoms with Crippen molar-refractivity contribution < 1.29 is 9.53 Å². The molecule has 22 heavy (non-hydrogen) atoms. The maximum absolute atomic E-state index is 12.1. The van der Waals surface area contributed by atoms with E-state index in [0.29, 0.717) is 5.92 Å². The number of anilines is 1. The van der Waals surface area contributed by atoms with Gasteiger partial charge in [-0.15, -0.1) is 0 Å². The van der Waals surface area contributed by atoms with Crippen LogP contribution in [0.2, 0.25) is 0 Å². The van der Waals surface area contributed by atoms with Crippen LogP contribution in [0.4, 0.5) is 5.69 Å². The normalized spacial score (nSPS) is 22.2. The van der Waals surface area contributed by atoms with Gasteiger partial charge >= 0.3 is 5.97 Å². The average molecular weight is 369 g/mol. The Hall–Kier alpha value is -1.10. The van der Waals surface area contributed by atoms with E-state index in [4.69, 9.17) is 4.74 Å². The predicted molar refractivity (Wildman–Crippen MR) is 91.7 cm³/mol. The van der Waals surface area contributed by atoms with Crippen molar-refractivity contribution in [3.63, 3.8) is 0 Å². The summed E-state index contributed by atoms with van der Waals surface area (Å²) < 4.78 is 6.33. The van der Waals surface area contributed by atoms with Crippen molar-refractivity contribution in [2.24, 2.45) is 11.8 Å². The Balaban J connectivity index is 1.74. The first-order valence-electron chi connectivity index (χ1n) is 7.92. The molecule has 122 valence electrons. The summed E-state index contributed by atoms with van der Waals surface area (Å²) in [5, 5.41) is 3.45. The molecule has 4 nitrogen and oxygen atoms in total. The largest absolute Gasteiger partial charge is 0.460 e. The van der Waals surface area contributed by atoms with Gasteiger partial charge < -0.3 is 10.1 Å². The van der Waals surface area contributed by atoms with Crippen LogP contribution in [0.25, 0.3) is 0 Å². The van der Waals surface area contributed by atoms with Crippen LogP contribution < -0.4 is 5.32 Å². The van der Waals surface area contributed by atoms with Gasteiger partial charge in [-0.25, -0.2) is 4.98 Å². The van der Waals surface area contributed by atoms with Gasteiger partial charge in [0, 0.05) is 18.4 Å². The zero-order chi connectivity index (χ0) is 16.2. The number of halogens is 1. The number of carbonyl (C=O) groups excluding carboxylic acids is 1. The molecule has 0 atom stereocenters. The molecule has 0 amide bonds.